The molecule has 66 valence electrons. The molecule has 1 rings (SSSR count). The van der Waals surface area contributed by atoms with E-state index in [1.807, 2.05) is 18.2 Å². The highest BCUT2D eigenvalue weighted by atomic mass is 32.1. The lowest BCUT2D eigenvalue weighted by molar-refractivity contribution is -0.133. The van der Waals surface area contributed by atoms with Crippen molar-refractivity contribution in [3.63, 3.8) is 0 Å². The quantitative estimate of drug-likeness (QED) is 0.383. The normalized spacial score (nSPS) is 8.46. The van der Waals surface area contributed by atoms with Crippen LogP contribution in [0.2, 0.25) is 0 Å². The number of hydrogen-bond acceptors (Lipinski definition) is 3. The maximum atomic E-state index is 10.7. The van der Waals surface area contributed by atoms with Crippen molar-refractivity contribution in [2.75, 3.05) is 7.11 Å². The number of benzene rings is 1. The monoisotopic (exact) mass is 192 g/mol. The van der Waals surface area contributed by atoms with E-state index < -0.39 is 5.97 Å². The number of carbonyl (C=O) groups excluding carboxylic acids is 1. The van der Waals surface area contributed by atoms with Gasteiger partial charge in [-0.25, -0.2) is 4.79 Å². The van der Waals surface area contributed by atoms with Crippen molar-refractivity contribution in [1.82, 2.24) is 0 Å². The van der Waals surface area contributed by atoms with Crippen molar-refractivity contribution in [2.45, 2.75) is 4.90 Å². The molecule has 0 saturated carbocycles. The molecule has 0 N–H and O–H groups in total. The van der Waals surface area contributed by atoms with Gasteiger partial charge in [0.15, 0.2) is 0 Å². The van der Waals surface area contributed by atoms with E-state index >= 15 is 0 Å². The Morgan fingerprint density at radius 2 is 2.15 bits per heavy atom. The molecule has 1 aromatic carbocycles. The maximum absolute atomic E-state index is 10.7. The minimum Gasteiger partial charge on any atom is -0.459 e. The summed E-state index contributed by atoms with van der Waals surface area (Å²) in [7, 11) is 1.30. The third kappa shape index (κ3) is 2.85. The van der Waals surface area contributed by atoms with Crippen molar-refractivity contribution < 1.29 is 9.53 Å². The molecule has 13 heavy (non-hydrogen) atoms. The number of esters is 1. The van der Waals surface area contributed by atoms with E-state index in [1.54, 1.807) is 6.07 Å². The lowest BCUT2D eigenvalue weighted by Gasteiger charge is -1.93. The number of carbonyl (C=O) groups is 1. The van der Waals surface area contributed by atoms with Crippen LogP contribution >= 0.6 is 12.6 Å². The molecule has 0 spiro atoms. The van der Waals surface area contributed by atoms with Gasteiger partial charge in [-0.15, -0.1) is 12.6 Å². The third-order valence-electron chi connectivity index (χ3n) is 1.39. The van der Waals surface area contributed by atoms with Crippen LogP contribution in [0.4, 0.5) is 0 Å². The van der Waals surface area contributed by atoms with Gasteiger partial charge in [-0.1, -0.05) is 18.1 Å². The van der Waals surface area contributed by atoms with E-state index in [9.17, 15) is 4.79 Å². The fraction of sp³-hybridized carbons (Fsp3) is 0.100. The van der Waals surface area contributed by atoms with Crippen molar-refractivity contribution >= 4 is 18.6 Å². The molecule has 0 atom stereocenters. The molecule has 0 aliphatic heterocycles. The van der Waals surface area contributed by atoms with E-state index in [1.165, 1.54) is 7.11 Å². The van der Waals surface area contributed by atoms with Gasteiger partial charge in [0.1, 0.15) is 0 Å². The highest BCUT2D eigenvalue weighted by Crippen LogP contribution is 2.10. The van der Waals surface area contributed by atoms with Gasteiger partial charge in [0.05, 0.1) is 7.11 Å². The summed E-state index contributed by atoms with van der Waals surface area (Å²) in [6, 6.07) is 7.29. The van der Waals surface area contributed by atoms with E-state index in [-0.39, 0.29) is 0 Å². The van der Waals surface area contributed by atoms with Crippen LogP contribution in [0.3, 0.4) is 0 Å². The van der Waals surface area contributed by atoms with Gasteiger partial charge in [-0.2, -0.15) is 0 Å². The third-order valence-corrected chi connectivity index (χ3v) is 1.78. The van der Waals surface area contributed by atoms with Gasteiger partial charge >= 0.3 is 5.97 Å². The number of thiol groups is 1. The first-order chi connectivity index (χ1) is 6.24. The Hall–Kier alpha value is -1.40. The standard InChI is InChI=1S/C10H8O2S/c1-12-10(11)7-6-8-4-2-3-5-9(8)13/h2-5,13H,1H3. The lowest BCUT2D eigenvalue weighted by atomic mass is 10.2. The summed E-state index contributed by atoms with van der Waals surface area (Å²) in [6.45, 7) is 0. The van der Waals surface area contributed by atoms with Crippen LogP contribution in [0.5, 0.6) is 0 Å². The molecule has 0 aliphatic carbocycles. The van der Waals surface area contributed by atoms with Crippen LogP contribution < -0.4 is 0 Å². The summed E-state index contributed by atoms with van der Waals surface area (Å²) in [5.74, 6) is 4.45. The fourth-order valence-corrected chi connectivity index (χ4v) is 0.965. The number of hydrogen-bond donors (Lipinski definition) is 1. The fourth-order valence-electron chi connectivity index (χ4n) is 0.749. The molecular formula is C10H8O2S. The summed E-state index contributed by atoms with van der Waals surface area (Å²) in [5, 5.41) is 0. The molecule has 0 unspecified atom stereocenters. The van der Waals surface area contributed by atoms with Crippen LogP contribution in [-0.2, 0) is 9.53 Å². The predicted octanol–water partition coefficient (Wildman–Crippen LogP) is 1.50. The van der Waals surface area contributed by atoms with Crippen molar-refractivity contribution in [3.8, 4) is 11.8 Å². The van der Waals surface area contributed by atoms with Crippen molar-refractivity contribution in [1.29, 1.82) is 0 Å². The Kier molecular flexibility index (Phi) is 3.41. The Morgan fingerprint density at radius 1 is 1.46 bits per heavy atom. The second-order valence-electron chi connectivity index (χ2n) is 2.26. The molecule has 0 bridgehead atoms. The molecule has 0 fully saturated rings. The number of methoxy groups -OCH3 is 1. The van der Waals surface area contributed by atoms with Gasteiger partial charge in [0, 0.05) is 16.4 Å². The molecule has 0 saturated heterocycles. The SMILES string of the molecule is COC(=O)C#Cc1ccccc1S. The molecule has 1 aromatic rings. The molecule has 0 heterocycles. The van der Waals surface area contributed by atoms with E-state index in [2.05, 4.69) is 29.2 Å². The largest absolute Gasteiger partial charge is 0.459 e. The highest BCUT2D eigenvalue weighted by molar-refractivity contribution is 7.80. The Bertz CT molecular complexity index is 374. The van der Waals surface area contributed by atoms with E-state index in [0.717, 1.165) is 10.5 Å². The predicted molar refractivity (Wildman–Crippen MR) is 52.6 cm³/mol. The molecule has 3 heteroatoms. The summed E-state index contributed by atoms with van der Waals surface area (Å²) in [4.78, 5) is 11.4. The number of ether oxygens (including phenoxy) is 1. The van der Waals surface area contributed by atoms with Gasteiger partial charge in [0.2, 0.25) is 0 Å². The van der Waals surface area contributed by atoms with Gasteiger partial charge in [-0.3, -0.25) is 0 Å². The smallest absolute Gasteiger partial charge is 0.384 e. The summed E-state index contributed by atoms with van der Waals surface area (Å²) in [6.07, 6.45) is 0. The Labute approximate surface area is 82.3 Å². The molecule has 0 aromatic heterocycles. The second kappa shape index (κ2) is 4.58. The average molecular weight is 192 g/mol. The minimum atomic E-state index is -0.545. The van der Waals surface area contributed by atoms with Crippen LogP contribution in [0.1, 0.15) is 5.56 Å². The molecule has 0 amide bonds. The van der Waals surface area contributed by atoms with Gasteiger partial charge in [0.25, 0.3) is 0 Å². The first-order valence-corrected chi connectivity index (χ1v) is 4.06. The second-order valence-corrected chi connectivity index (χ2v) is 2.74. The minimum absolute atomic E-state index is 0.545. The molecule has 0 aliphatic rings. The lowest BCUT2D eigenvalue weighted by Crippen LogP contribution is -1.94. The molecular weight excluding hydrogens is 184 g/mol. The summed E-state index contributed by atoms with van der Waals surface area (Å²) < 4.78 is 4.37. The molecule has 2 nitrogen and oxygen atoms in total. The van der Waals surface area contributed by atoms with Crippen molar-refractivity contribution in [2.24, 2.45) is 0 Å². The zero-order valence-corrected chi connectivity index (χ0v) is 7.97. The first kappa shape index (κ1) is 9.69. The highest BCUT2D eigenvalue weighted by Gasteiger charge is 1.93. The summed E-state index contributed by atoms with van der Waals surface area (Å²) in [5.41, 5.74) is 0.719. The molecule has 0 radical (unpaired) electrons. The average Bonchev–Trinajstić information content (AvgIpc) is 2.16. The van der Waals surface area contributed by atoms with Gasteiger partial charge < -0.3 is 4.74 Å². The van der Waals surface area contributed by atoms with Crippen molar-refractivity contribution in [3.05, 3.63) is 29.8 Å². The Balaban J connectivity index is 2.89. The van der Waals surface area contributed by atoms with E-state index in [4.69, 9.17) is 0 Å². The van der Waals surface area contributed by atoms with Crippen LogP contribution in [0, 0.1) is 11.8 Å². The first-order valence-electron chi connectivity index (χ1n) is 3.62. The summed E-state index contributed by atoms with van der Waals surface area (Å²) >= 11 is 4.17. The Morgan fingerprint density at radius 3 is 2.77 bits per heavy atom. The van der Waals surface area contributed by atoms with Crippen LogP contribution in [0.25, 0.3) is 0 Å². The topological polar surface area (TPSA) is 26.3 Å². The number of rotatable bonds is 0. The maximum Gasteiger partial charge on any atom is 0.384 e. The van der Waals surface area contributed by atoms with E-state index in [0.29, 0.717) is 0 Å². The van der Waals surface area contributed by atoms with Crippen LogP contribution in [-0.4, -0.2) is 13.1 Å². The zero-order chi connectivity index (χ0) is 9.68. The van der Waals surface area contributed by atoms with Crippen LogP contribution in [0.15, 0.2) is 29.2 Å². The zero-order valence-electron chi connectivity index (χ0n) is 7.07. The van der Waals surface area contributed by atoms with Gasteiger partial charge in [-0.05, 0) is 12.1 Å².